The molecule has 4 aromatic rings. The Hall–Kier alpha value is -3.52. The molecule has 0 spiro atoms. The summed E-state index contributed by atoms with van der Waals surface area (Å²) in [5, 5.41) is 8.35. The third-order valence-corrected chi connectivity index (χ3v) is 6.42. The number of benzodiazepines with no additional fused rings is 1. The second-order valence-electron chi connectivity index (χ2n) is 7.91. The SMILES string of the molecule is CN1C(=O)C(NC(=S)Nc2ccc3ccccc3n2)N=C(c2ccccc2Cl)c2cc(Cl)ccc21. The number of aliphatic imine (C=N–C) groups is 1. The topological polar surface area (TPSA) is 69.6 Å². The minimum absolute atomic E-state index is 0.214. The maximum absolute atomic E-state index is 13.4. The van der Waals surface area contributed by atoms with E-state index in [0.717, 1.165) is 10.9 Å². The van der Waals surface area contributed by atoms with E-state index in [9.17, 15) is 4.79 Å². The van der Waals surface area contributed by atoms with Crippen LogP contribution in [0.25, 0.3) is 10.9 Å². The molecule has 0 bridgehead atoms. The fourth-order valence-corrected chi connectivity index (χ4v) is 4.53. The lowest BCUT2D eigenvalue weighted by atomic mass is 10.00. The van der Waals surface area contributed by atoms with Gasteiger partial charge >= 0.3 is 0 Å². The number of hydrogen-bond acceptors (Lipinski definition) is 4. The zero-order valence-electron chi connectivity index (χ0n) is 18.5. The van der Waals surface area contributed by atoms with Crippen molar-refractivity contribution in [2.45, 2.75) is 6.17 Å². The fraction of sp³-hybridized carbons (Fsp3) is 0.0769. The number of halogens is 2. The Bertz CT molecular complexity index is 1510. The molecule has 2 N–H and O–H groups in total. The predicted molar refractivity (Wildman–Crippen MR) is 147 cm³/mol. The lowest BCUT2D eigenvalue weighted by molar-refractivity contribution is -0.119. The zero-order chi connectivity index (χ0) is 24.5. The predicted octanol–water partition coefficient (Wildman–Crippen LogP) is 5.67. The summed E-state index contributed by atoms with van der Waals surface area (Å²) in [5.41, 5.74) is 3.41. The van der Waals surface area contributed by atoms with E-state index in [1.807, 2.05) is 54.6 Å². The van der Waals surface area contributed by atoms with Gasteiger partial charge in [0.15, 0.2) is 5.11 Å². The van der Waals surface area contributed by atoms with Crippen molar-refractivity contribution in [3.8, 4) is 0 Å². The van der Waals surface area contributed by atoms with Crippen molar-refractivity contribution in [2.75, 3.05) is 17.3 Å². The number of thiocarbonyl (C=S) groups is 1. The molecule has 0 aliphatic carbocycles. The third kappa shape index (κ3) is 4.71. The van der Waals surface area contributed by atoms with Crippen molar-refractivity contribution in [2.24, 2.45) is 4.99 Å². The first-order valence-corrected chi connectivity index (χ1v) is 11.9. The van der Waals surface area contributed by atoms with Crippen molar-refractivity contribution in [1.82, 2.24) is 10.3 Å². The number of nitrogens with zero attached hydrogens (tertiary/aromatic N) is 3. The monoisotopic (exact) mass is 519 g/mol. The fourth-order valence-electron chi connectivity index (χ4n) is 3.92. The van der Waals surface area contributed by atoms with E-state index < -0.39 is 6.17 Å². The molecule has 1 aromatic heterocycles. The summed E-state index contributed by atoms with van der Waals surface area (Å²) < 4.78 is 0. The zero-order valence-corrected chi connectivity index (χ0v) is 20.8. The Labute approximate surface area is 217 Å². The van der Waals surface area contributed by atoms with Crippen molar-refractivity contribution >= 4 is 74.6 Å². The van der Waals surface area contributed by atoms with E-state index in [2.05, 4.69) is 15.6 Å². The second-order valence-corrected chi connectivity index (χ2v) is 9.16. The number of carbonyl (C=O) groups is 1. The summed E-state index contributed by atoms with van der Waals surface area (Å²) in [7, 11) is 1.69. The van der Waals surface area contributed by atoms with Crippen LogP contribution in [0.3, 0.4) is 0 Å². The van der Waals surface area contributed by atoms with E-state index >= 15 is 0 Å². The lowest BCUT2D eigenvalue weighted by Crippen LogP contribution is -2.47. The van der Waals surface area contributed by atoms with E-state index in [4.69, 9.17) is 40.4 Å². The van der Waals surface area contributed by atoms with Crippen LogP contribution < -0.4 is 15.5 Å². The van der Waals surface area contributed by atoms with Crippen LogP contribution in [0, 0.1) is 0 Å². The van der Waals surface area contributed by atoms with Gasteiger partial charge in [0.2, 0.25) is 6.17 Å². The molecule has 2 heterocycles. The van der Waals surface area contributed by atoms with Gasteiger partial charge in [-0.2, -0.15) is 0 Å². The first-order valence-electron chi connectivity index (χ1n) is 10.7. The molecular weight excluding hydrogens is 501 g/mol. The Morgan fingerprint density at radius 2 is 1.74 bits per heavy atom. The molecule has 3 aromatic carbocycles. The van der Waals surface area contributed by atoms with Crippen LogP contribution >= 0.6 is 35.4 Å². The van der Waals surface area contributed by atoms with Gasteiger partial charge in [0.05, 0.1) is 16.9 Å². The van der Waals surface area contributed by atoms with Crippen LogP contribution in [0.15, 0.2) is 83.9 Å². The van der Waals surface area contributed by atoms with E-state index in [1.54, 1.807) is 31.3 Å². The summed E-state index contributed by atoms with van der Waals surface area (Å²) in [6.45, 7) is 0. The van der Waals surface area contributed by atoms with Crippen LogP contribution in [0.4, 0.5) is 11.5 Å². The molecule has 1 amide bonds. The van der Waals surface area contributed by atoms with Crippen molar-refractivity contribution < 1.29 is 4.79 Å². The second kappa shape index (κ2) is 9.62. The number of pyridine rings is 1. The van der Waals surface area contributed by atoms with Crippen LogP contribution in [-0.4, -0.2) is 34.9 Å². The summed E-state index contributed by atoms with van der Waals surface area (Å²) in [6, 6.07) is 24.2. The molecule has 1 aliphatic rings. The molecule has 1 atom stereocenters. The van der Waals surface area contributed by atoms with E-state index in [1.165, 1.54) is 4.90 Å². The van der Waals surface area contributed by atoms with Crippen LogP contribution in [0.5, 0.6) is 0 Å². The standard InChI is InChI=1S/C26H19Cl2N5OS/c1-33-21-12-11-16(27)14-18(21)23(17-7-3-4-8-19(17)28)31-24(25(33)34)32-26(35)30-22-13-10-15-6-2-5-9-20(15)29-22/h2-14,24H,1H3,(H2,29,30,32,35). The number of likely N-dealkylation sites (N-methyl/N-ethyl adjacent to an activating group) is 1. The van der Waals surface area contributed by atoms with Crippen molar-refractivity contribution in [3.63, 3.8) is 0 Å². The number of anilines is 2. The Morgan fingerprint density at radius 1 is 0.971 bits per heavy atom. The van der Waals surface area contributed by atoms with Gasteiger partial charge in [-0.3, -0.25) is 4.79 Å². The number of amides is 1. The number of carbonyl (C=O) groups excluding carboxylic acids is 1. The third-order valence-electron chi connectivity index (χ3n) is 5.63. The maximum Gasteiger partial charge on any atom is 0.272 e. The van der Waals surface area contributed by atoms with Gasteiger partial charge in [0, 0.05) is 33.6 Å². The number of aromatic nitrogens is 1. The van der Waals surface area contributed by atoms with Gasteiger partial charge in [-0.25, -0.2) is 9.98 Å². The molecule has 0 saturated heterocycles. The van der Waals surface area contributed by atoms with Gasteiger partial charge in [0.1, 0.15) is 5.82 Å². The van der Waals surface area contributed by atoms with Crippen molar-refractivity contribution in [1.29, 1.82) is 0 Å². The first kappa shape index (κ1) is 23.2. The van der Waals surface area contributed by atoms with Gasteiger partial charge < -0.3 is 15.5 Å². The first-order chi connectivity index (χ1) is 16.9. The summed E-state index contributed by atoms with van der Waals surface area (Å²) >= 11 is 18.3. The Kier molecular flexibility index (Phi) is 6.38. The van der Waals surface area contributed by atoms with Crippen LogP contribution in [-0.2, 0) is 4.79 Å². The molecule has 6 nitrogen and oxygen atoms in total. The van der Waals surface area contributed by atoms with Gasteiger partial charge in [-0.05, 0) is 54.7 Å². The molecule has 0 saturated carbocycles. The number of fused-ring (bicyclic) bond motifs is 2. The number of benzene rings is 3. The number of rotatable bonds is 3. The average molecular weight is 520 g/mol. The molecule has 35 heavy (non-hydrogen) atoms. The summed E-state index contributed by atoms with van der Waals surface area (Å²) in [5.74, 6) is 0.271. The average Bonchev–Trinajstić information content (AvgIpc) is 2.94. The van der Waals surface area contributed by atoms with Gasteiger partial charge in [-0.15, -0.1) is 0 Å². The molecule has 1 aliphatic heterocycles. The van der Waals surface area contributed by atoms with Crippen molar-refractivity contribution in [3.05, 3.63) is 100 Å². The highest BCUT2D eigenvalue weighted by Crippen LogP contribution is 2.31. The largest absolute Gasteiger partial charge is 0.333 e. The molecule has 1 unspecified atom stereocenters. The smallest absolute Gasteiger partial charge is 0.272 e. The van der Waals surface area contributed by atoms with Crippen LogP contribution in [0.1, 0.15) is 11.1 Å². The van der Waals surface area contributed by atoms with E-state index in [0.29, 0.717) is 38.4 Å². The molecule has 5 rings (SSSR count). The summed E-state index contributed by atoms with van der Waals surface area (Å²) in [4.78, 5) is 24.3. The lowest BCUT2D eigenvalue weighted by Gasteiger charge is -2.22. The normalized spacial score (nSPS) is 15.3. The highest BCUT2D eigenvalue weighted by atomic mass is 35.5. The van der Waals surface area contributed by atoms with Gasteiger partial charge in [-0.1, -0.05) is 59.6 Å². The molecule has 0 fully saturated rings. The maximum atomic E-state index is 13.4. The highest BCUT2D eigenvalue weighted by Gasteiger charge is 2.31. The Balaban J connectivity index is 1.50. The minimum Gasteiger partial charge on any atom is -0.333 e. The number of para-hydroxylation sites is 1. The highest BCUT2D eigenvalue weighted by molar-refractivity contribution is 7.80. The molecular formula is C26H19Cl2N5OS. The Morgan fingerprint density at radius 3 is 2.57 bits per heavy atom. The number of hydrogen-bond donors (Lipinski definition) is 2. The summed E-state index contributed by atoms with van der Waals surface area (Å²) in [6.07, 6.45) is -1.00. The molecule has 9 heteroatoms. The quantitative estimate of drug-likeness (QED) is 0.341. The van der Waals surface area contributed by atoms with E-state index in [-0.39, 0.29) is 11.0 Å². The number of nitrogens with one attached hydrogen (secondary N) is 2. The van der Waals surface area contributed by atoms with Gasteiger partial charge in [0.25, 0.3) is 5.91 Å². The van der Waals surface area contributed by atoms with Crippen LogP contribution in [0.2, 0.25) is 10.0 Å². The molecule has 174 valence electrons. The minimum atomic E-state index is -1.00. The molecule has 0 radical (unpaired) electrons.